The van der Waals surface area contributed by atoms with E-state index in [0.717, 1.165) is 11.1 Å². The van der Waals surface area contributed by atoms with Gasteiger partial charge < -0.3 is 5.32 Å². The number of nitrogens with zero attached hydrogens (tertiary/aromatic N) is 1. The molecule has 0 saturated carbocycles. The number of nitrogens with one attached hydrogen (secondary N) is 1. The summed E-state index contributed by atoms with van der Waals surface area (Å²) < 4.78 is 0.391. The second-order valence-corrected chi connectivity index (χ2v) is 7.66. The third-order valence-electron chi connectivity index (χ3n) is 3.79. The summed E-state index contributed by atoms with van der Waals surface area (Å²) in [5.74, 6) is -0.524. The SMILES string of the molecule is CC(=C/c1ccccc1)/C=C1\SC(=S)N(CC(=O)Nc2ccccc2)C1=O. The molecule has 0 aromatic heterocycles. The van der Waals surface area contributed by atoms with E-state index in [2.05, 4.69) is 5.32 Å². The summed E-state index contributed by atoms with van der Waals surface area (Å²) in [5, 5.41) is 2.77. The lowest BCUT2D eigenvalue weighted by molar-refractivity contribution is -0.126. The number of anilines is 1. The summed E-state index contributed by atoms with van der Waals surface area (Å²) in [6.45, 7) is 1.83. The Balaban J connectivity index is 1.67. The van der Waals surface area contributed by atoms with E-state index >= 15 is 0 Å². The smallest absolute Gasteiger partial charge is 0.266 e. The first-order valence-corrected chi connectivity index (χ1v) is 9.59. The zero-order valence-electron chi connectivity index (χ0n) is 14.7. The fourth-order valence-electron chi connectivity index (χ4n) is 2.56. The predicted molar refractivity (Wildman–Crippen MR) is 115 cm³/mol. The molecule has 0 radical (unpaired) electrons. The molecule has 1 heterocycles. The Morgan fingerprint density at radius 3 is 2.41 bits per heavy atom. The fourth-order valence-corrected chi connectivity index (χ4v) is 3.87. The number of rotatable bonds is 5. The molecule has 2 aromatic carbocycles. The summed E-state index contributed by atoms with van der Waals surface area (Å²) >= 11 is 6.50. The molecular formula is C21H18N2O2S2. The minimum atomic E-state index is -0.282. The van der Waals surface area contributed by atoms with Crippen LogP contribution in [0, 0.1) is 0 Å². The van der Waals surface area contributed by atoms with Crippen LogP contribution in [0.3, 0.4) is 0 Å². The molecule has 1 saturated heterocycles. The molecular weight excluding hydrogens is 376 g/mol. The maximum absolute atomic E-state index is 12.6. The molecule has 0 spiro atoms. The van der Waals surface area contributed by atoms with Crippen molar-refractivity contribution in [1.29, 1.82) is 0 Å². The van der Waals surface area contributed by atoms with Gasteiger partial charge in [0.05, 0.1) is 4.91 Å². The first-order valence-electron chi connectivity index (χ1n) is 8.36. The summed E-state index contributed by atoms with van der Waals surface area (Å²) in [4.78, 5) is 26.7. The van der Waals surface area contributed by atoms with Crippen molar-refractivity contribution < 1.29 is 9.59 Å². The van der Waals surface area contributed by atoms with E-state index in [1.165, 1.54) is 16.7 Å². The third kappa shape index (κ3) is 5.15. The van der Waals surface area contributed by atoms with Gasteiger partial charge in [0.15, 0.2) is 0 Å². The molecule has 0 atom stereocenters. The molecule has 136 valence electrons. The van der Waals surface area contributed by atoms with Crippen molar-refractivity contribution in [3.05, 3.63) is 82.8 Å². The van der Waals surface area contributed by atoms with Gasteiger partial charge in [0, 0.05) is 5.69 Å². The minimum absolute atomic E-state index is 0.0989. The second-order valence-electron chi connectivity index (χ2n) is 5.98. The molecule has 4 nitrogen and oxygen atoms in total. The zero-order chi connectivity index (χ0) is 19.2. The topological polar surface area (TPSA) is 49.4 Å². The Hall–Kier alpha value is -2.70. The van der Waals surface area contributed by atoms with Crippen molar-refractivity contribution in [2.24, 2.45) is 0 Å². The number of hydrogen-bond donors (Lipinski definition) is 1. The number of hydrogen-bond acceptors (Lipinski definition) is 4. The molecule has 0 aliphatic carbocycles. The normalized spacial score (nSPS) is 16.1. The average molecular weight is 395 g/mol. The minimum Gasteiger partial charge on any atom is -0.325 e. The first kappa shape index (κ1) is 19.1. The Morgan fingerprint density at radius 1 is 1.11 bits per heavy atom. The number of para-hydroxylation sites is 1. The first-order chi connectivity index (χ1) is 13.0. The van der Waals surface area contributed by atoms with Gasteiger partial charge in [0.2, 0.25) is 5.91 Å². The fraction of sp³-hybridized carbons (Fsp3) is 0.0952. The molecule has 0 bridgehead atoms. The van der Waals surface area contributed by atoms with Gasteiger partial charge in [0.1, 0.15) is 10.9 Å². The van der Waals surface area contributed by atoms with Gasteiger partial charge in [-0.3, -0.25) is 14.5 Å². The highest BCUT2D eigenvalue weighted by Crippen LogP contribution is 2.32. The monoisotopic (exact) mass is 394 g/mol. The van der Waals surface area contributed by atoms with Crippen LogP contribution >= 0.6 is 24.0 Å². The lowest BCUT2D eigenvalue weighted by Gasteiger charge is -2.14. The van der Waals surface area contributed by atoms with Crippen molar-refractivity contribution in [2.75, 3.05) is 11.9 Å². The van der Waals surface area contributed by atoms with Crippen molar-refractivity contribution in [1.82, 2.24) is 4.90 Å². The Bertz CT molecular complexity index is 922. The van der Waals surface area contributed by atoms with E-state index in [0.29, 0.717) is 14.9 Å². The summed E-state index contributed by atoms with van der Waals surface area (Å²) in [6, 6.07) is 19.0. The maximum Gasteiger partial charge on any atom is 0.266 e. The average Bonchev–Trinajstić information content (AvgIpc) is 2.90. The molecule has 1 fully saturated rings. The van der Waals surface area contributed by atoms with Crippen molar-refractivity contribution >= 4 is 51.9 Å². The molecule has 1 N–H and O–H groups in total. The van der Waals surface area contributed by atoms with Gasteiger partial charge in [-0.15, -0.1) is 0 Å². The number of amides is 2. The maximum atomic E-state index is 12.6. The molecule has 27 heavy (non-hydrogen) atoms. The van der Waals surface area contributed by atoms with Crippen LogP contribution in [0.2, 0.25) is 0 Å². The summed E-state index contributed by atoms with van der Waals surface area (Å²) in [6.07, 6.45) is 3.80. The van der Waals surface area contributed by atoms with Crippen LogP contribution in [0.5, 0.6) is 0 Å². The zero-order valence-corrected chi connectivity index (χ0v) is 16.3. The largest absolute Gasteiger partial charge is 0.325 e. The Kier molecular flexibility index (Phi) is 6.21. The van der Waals surface area contributed by atoms with Crippen molar-refractivity contribution in [2.45, 2.75) is 6.92 Å². The van der Waals surface area contributed by atoms with Gasteiger partial charge >= 0.3 is 0 Å². The number of allylic oxidation sites excluding steroid dienone is 2. The lowest BCUT2D eigenvalue weighted by atomic mass is 10.1. The molecule has 1 aliphatic heterocycles. The van der Waals surface area contributed by atoms with Crippen LogP contribution in [-0.4, -0.2) is 27.6 Å². The number of carbonyl (C=O) groups excluding carboxylic acids is 2. The van der Waals surface area contributed by atoms with E-state index in [1.807, 2.05) is 61.5 Å². The molecule has 1 aliphatic rings. The third-order valence-corrected chi connectivity index (χ3v) is 5.16. The van der Waals surface area contributed by atoms with Gasteiger partial charge in [-0.2, -0.15) is 0 Å². The number of thiocarbonyl (C=S) groups is 1. The molecule has 0 unspecified atom stereocenters. The summed E-state index contributed by atoms with van der Waals surface area (Å²) in [7, 11) is 0. The van der Waals surface area contributed by atoms with Crippen molar-refractivity contribution in [3.8, 4) is 0 Å². The van der Waals surface area contributed by atoms with Gasteiger partial charge in [-0.05, 0) is 36.3 Å². The van der Waals surface area contributed by atoms with E-state index in [1.54, 1.807) is 18.2 Å². The van der Waals surface area contributed by atoms with Gasteiger partial charge in [-0.25, -0.2) is 0 Å². The second kappa shape index (κ2) is 8.79. The van der Waals surface area contributed by atoms with Gasteiger partial charge in [0.25, 0.3) is 5.91 Å². The van der Waals surface area contributed by atoms with E-state index < -0.39 is 0 Å². The Labute approximate surface area is 168 Å². The van der Waals surface area contributed by atoms with E-state index in [9.17, 15) is 9.59 Å². The lowest BCUT2D eigenvalue weighted by Crippen LogP contribution is -2.36. The molecule has 3 rings (SSSR count). The quantitative estimate of drug-likeness (QED) is 0.600. The predicted octanol–water partition coefficient (Wildman–Crippen LogP) is 4.47. The standard InChI is InChI=1S/C21H18N2O2S2/c1-15(12-16-8-4-2-5-9-16)13-18-20(25)23(21(26)27-18)14-19(24)22-17-10-6-3-7-11-17/h2-13H,14H2,1H3,(H,22,24)/b15-12-,18-13-. The van der Waals surface area contributed by atoms with Crippen LogP contribution in [0.25, 0.3) is 6.08 Å². The number of carbonyl (C=O) groups is 2. The van der Waals surface area contributed by atoms with E-state index in [-0.39, 0.29) is 18.4 Å². The highest BCUT2D eigenvalue weighted by molar-refractivity contribution is 8.26. The van der Waals surface area contributed by atoms with Crippen LogP contribution in [-0.2, 0) is 9.59 Å². The highest BCUT2D eigenvalue weighted by atomic mass is 32.2. The molecule has 2 aromatic rings. The molecule has 2 amide bonds. The highest BCUT2D eigenvalue weighted by Gasteiger charge is 2.33. The van der Waals surface area contributed by atoms with Crippen LogP contribution in [0.1, 0.15) is 12.5 Å². The Morgan fingerprint density at radius 2 is 1.74 bits per heavy atom. The van der Waals surface area contributed by atoms with Crippen molar-refractivity contribution in [3.63, 3.8) is 0 Å². The van der Waals surface area contributed by atoms with Crippen LogP contribution in [0.15, 0.2) is 77.2 Å². The number of thioether (sulfide) groups is 1. The summed E-state index contributed by atoms with van der Waals surface area (Å²) in [5.41, 5.74) is 2.68. The van der Waals surface area contributed by atoms with E-state index in [4.69, 9.17) is 12.2 Å². The van der Waals surface area contributed by atoms with Gasteiger partial charge in [-0.1, -0.05) is 78.6 Å². The number of benzene rings is 2. The van der Waals surface area contributed by atoms with Crippen LogP contribution < -0.4 is 5.32 Å². The molecule has 6 heteroatoms. The van der Waals surface area contributed by atoms with Crippen LogP contribution in [0.4, 0.5) is 5.69 Å².